The van der Waals surface area contributed by atoms with Gasteiger partial charge < -0.3 is 14.4 Å². The van der Waals surface area contributed by atoms with E-state index in [1.54, 1.807) is 32.9 Å². The Hall–Kier alpha value is -2.71. The van der Waals surface area contributed by atoms with Crippen LogP contribution in [0.4, 0.5) is 10.6 Å². The Balaban J connectivity index is 2.58. The molecule has 0 aliphatic rings. The second-order valence-electron chi connectivity index (χ2n) is 6.09. The van der Waals surface area contributed by atoms with Crippen LogP contribution in [0.3, 0.4) is 0 Å². The minimum absolute atomic E-state index is 0.0932. The molecule has 9 nitrogen and oxygen atoms in total. The fourth-order valence-corrected chi connectivity index (χ4v) is 1.67. The fraction of sp³-hybridized carbons (Fsp3) is 0.533. The number of ether oxygens (including phenoxy) is 2. The zero-order valence-electron chi connectivity index (χ0n) is 14.5. The molecule has 24 heavy (non-hydrogen) atoms. The maximum absolute atomic E-state index is 11.9. The quantitative estimate of drug-likeness (QED) is 0.445. The van der Waals surface area contributed by atoms with Crippen molar-refractivity contribution in [2.45, 2.75) is 33.0 Å². The molecule has 0 unspecified atom stereocenters. The highest BCUT2D eigenvalue weighted by Gasteiger charge is 2.21. The lowest BCUT2D eigenvalue weighted by molar-refractivity contribution is -0.145. The Labute approximate surface area is 140 Å². The van der Waals surface area contributed by atoms with Crippen molar-refractivity contribution in [3.8, 4) is 0 Å². The lowest BCUT2D eigenvalue weighted by Crippen LogP contribution is -2.37. The summed E-state index contributed by atoms with van der Waals surface area (Å²) in [5, 5.41) is 3.80. The van der Waals surface area contributed by atoms with Gasteiger partial charge in [-0.05, 0) is 26.8 Å². The lowest BCUT2D eigenvalue weighted by Gasteiger charge is -2.24. The molecule has 0 saturated heterocycles. The zero-order valence-corrected chi connectivity index (χ0v) is 14.5. The van der Waals surface area contributed by atoms with Crippen molar-refractivity contribution >= 4 is 17.9 Å². The first-order valence-electron chi connectivity index (χ1n) is 7.24. The summed E-state index contributed by atoms with van der Waals surface area (Å²) in [4.78, 5) is 39.4. The van der Waals surface area contributed by atoms with Crippen LogP contribution in [0.15, 0.2) is 23.6 Å². The van der Waals surface area contributed by atoms with E-state index >= 15 is 0 Å². The molecular formula is C15H22N4O5. The highest BCUT2D eigenvalue weighted by Crippen LogP contribution is 2.17. The summed E-state index contributed by atoms with van der Waals surface area (Å²) in [5.74, 6) is -0.319. The number of amides is 1. The maximum Gasteiger partial charge on any atom is 0.410 e. The van der Waals surface area contributed by atoms with Crippen LogP contribution in [0.5, 0.6) is 0 Å². The molecule has 0 N–H and O–H groups in total. The van der Waals surface area contributed by atoms with Crippen LogP contribution in [-0.4, -0.2) is 48.2 Å². The monoisotopic (exact) mass is 338 g/mol. The first-order valence-corrected chi connectivity index (χ1v) is 7.24. The number of rotatable bonds is 6. The van der Waals surface area contributed by atoms with Crippen molar-refractivity contribution in [2.24, 2.45) is 5.29 Å². The molecule has 0 aliphatic heterocycles. The van der Waals surface area contributed by atoms with E-state index in [9.17, 15) is 14.5 Å². The average molecular weight is 338 g/mol. The van der Waals surface area contributed by atoms with Crippen LogP contribution >= 0.6 is 0 Å². The minimum Gasteiger partial charge on any atom is -0.459 e. The van der Waals surface area contributed by atoms with E-state index in [4.69, 9.17) is 9.47 Å². The molecule has 1 amide bonds. The number of nitroso groups, excluding NO2 is 1. The smallest absolute Gasteiger partial charge is 0.410 e. The van der Waals surface area contributed by atoms with Gasteiger partial charge in [0.15, 0.2) is 5.82 Å². The predicted octanol–water partition coefficient (Wildman–Crippen LogP) is 2.11. The molecule has 1 aromatic heterocycles. The highest BCUT2D eigenvalue weighted by atomic mass is 16.6. The third-order valence-corrected chi connectivity index (χ3v) is 2.76. The van der Waals surface area contributed by atoms with E-state index in [2.05, 4.69) is 10.3 Å². The molecule has 9 heteroatoms. The van der Waals surface area contributed by atoms with E-state index in [0.717, 1.165) is 9.91 Å². The topological polar surface area (TPSA) is 101 Å². The molecule has 1 aromatic rings. The van der Waals surface area contributed by atoms with Gasteiger partial charge in [-0.1, -0.05) is 6.07 Å². The molecule has 0 aliphatic carbocycles. The normalized spacial score (nSPS) is 10.7. The van der Waals surface area contributed by atoms with E-state index in [0.29, 0.717) is 11.4 Å². The van der Waals surface area contributed by atoms with E-state index in [-0.39, 0.29) is 13.2 Å². The number of esters is 1. The molecule has 132 valence electrons. The Morgan fingerprint density at radius 3 is 2.54 bits per heavy atom. The number of nitrogens with zero attached hydrogens (tertiary/aromatic N) is 4. The zero-order chi connectivity index (χ0) is 18.3. The number of carbonyl (C=O) groups excluding carboxylic acids is 2. The van der Waals surface area contributed by atoms with Gasteiger partial charge >= 0.3 is 12.1 Å². The fourth-order valence-electron chi connectivity index (χ4n) is 1.67. The van der Waals surface area contributed by atoms with Gasteiger partial charge in [0.1, 0.15) is 18.8 Å². The van der Waals surface area contributed by atoms with Crippen molar-refractivity contribution in [3.05, 3.63) is 28.8 Å². The van der Waals surface area contributed by atoms with Crippen LogP contribution < -0.4 is 5.01 Å². The SMILES string of the molecule is CN(CC(=O)OCc1cccnc1N(C)N=O)C(=O)OC(C)(C)C. The molecule has 0 radical (unpaired) electrons. The average Bonchev–Trinajstić information content (AvgIpc) is 2.50. The molecule has 1 rings (SSSR count). The van der Waals surface area contributed by atoms with Gasteiger partial charge in [0.05, 0.1) is 5.29 Å². The van der Waals surface area contributed by atoms with Crippen molar-refractivity contribution in [1.29, 1.82) is 0 Å². The number of pyridine rings is 1. The molecular weight excluding hydrogens is 316 g/mol. The number of anilines is 1. The summed E-state index contributed by atoms with van der Waals surface area (Å²) >= 11 is 0. The van der Waals surface area contributed by atoms with Gasteiger partial charge in [0.2, 0.25) is 0 Å². The van der Waals surface area contributed by atoms with Gasteiger partial charge in [-0.25, -0.2) is 14.8 Å². The van der Waals surface area contributed by atoms with Crippen LogP contribution in [0.2, 0.25) is 0 Å². The molecule has 0 bridgehead atoms. The van der Waals surface area contributed by atoms with Crippen LogP contribution in [0, 0.1) is 4.91 Å². The van der Waals surface area contributed by atoms with Gasteiger partial charge in [-0.3, -0.25) is 4.79 Å². The molecule has 0 saturated carbocycles. The predicted molar refractivity (Wildman–Crippen MR) is 87.1 cm³/mol. The Kier molecular flexibility index (Phi) is 6.63. The second-order valence-corrected chi connectivity index (χ2v) is 6.09. The number of carbonyl (C=O) groups is 2. The first-order chi connectivity index (χ1) is 11.1. The summed E-state index contributed by atoms with van der Waals surface area (Å²) in [6.45, 7) is 4.85. The van der Waals surface area contributed by atoms with Gasteiger partial charge in [-0.2, -0.15) is 0 Å². The van der Waals surface area contributed by atoms with Gasteiger partial charge in [0.25, 0.3) is 0 Å². The third kappa shape index (κ3) is 6.19. The van der Waals surface area contributed by atoms with Gasteiger partial charge in [-0.15, -0.1) is 4.91 Å². The summed E-state index contributed by atoms with van der Waals surface area (Å²) in [6, 6.07) is 3.31. The maximum atomic E-state index is 11.9. The van der Waals surface area contributed by atoms with E-state index in [1.165, 1.54) is 20.3 Å². The summed E-state index contributed by atoms with van der Waals surface area (Å²) in [6.07, 6.45) is 0.880. The Morgan fingerprint density at radius 1 is 1.29 bits per heavy atom. The molecule has 0 spiro atoms. The number of hydrogen-bond donors (Lipinski definition) is 0. The largest absolute Gasteiger partial charge is 0.459 e. The van der Waals surface area contributed by atoms with Crippen molar-refractivity contribution in [2.75, 3.05) is 25.6 Å². The van der Waals surface area contributed by atoms with Crippen molar-refractivity contribution in [1.82, 2.24) is 9.88 Å². The van der Waals surface area contributed by atoms with E-state index < -0.39 is 17.7 Å². The molecule has 0 aromatic carbocycles. The molecule has 1 heterocycles. The highest BCUT2D eigenvalue weighted by molar-refractivity contribution is 5.78. The Morgan fingerprint density at radius 2 is 1.96 bits per heavy atom. The Bertz CT molecular complexity index is 600. The summed E-state index contributed by atoms with van der Waals surface area (Å²) in [5.41, 5.74) is -0.125. The lowest BCUT2D eigenvalue weighted by atomic mass is 10.2. The number of hydrogen-bond acceptors (Lipinski definition) is 7. The van der Waals surface area contributed by atoms with E-state index in [1.807, 2.05) is 0 Å². The van der Waals surface area contributed by atoms with Gasteiger partial charge in [0, 0.05) is 25.9 Å². The summed E-state index contributed by atoms with van der Waals surface area (Å²) < 4.78 is 10.3. The first kappa shape index (κ1) is 19.3. The minimum atomic E-state index is -0.647. The van der Waals surface area contributed by atoms with Crippen molar-refractivity contribution in [3.63, 3.8) is 0 Å². The molecule has 0 fully saturated rings. The molecule has 0 atom stereocenters. The third-order valence-electron chi connectivity index (χ3n) is 2.76. The van der Waals surface area contributed by atoms with Crippen molar-refractivity contribution < 1.29 is 19.1 Å². The van der Waals surface area contributed by atoms with Crippen LogP contribution in [0.25, 0.3) is 0 Å². The summed E-state index contributed by atoms with van der Waals surface area (Å²) in [7, 11) is 2.88. The number of likely N-dealkylation sites (N-methyl/N-ethyl adjacent to an activating group) is 1. The van der Waals surface area contributed by atoms with Crippen LogP contribution in [-0.2, 0) is 20.9 Å². The number of aromatic nitrogens is 1. The second kappa shape index (κ2) is 8.23. The van der Waals surface area contributed by atoms with Crippen LogP contribution in [0.1, 0.15) is 26.3 Å². The standard InChI is InChI=1S/C15H22N4O5/c1-15(2,3)24-14(21)18(4)9-12(20)23-10-11-7-6-8-16-13(11)19(5)17-22/h6-8H,9-10H2,1-5H3.